The highest BCUT2D eigenvalue weighted by atomic mass is 32.1. The number of amides is 1. The molecule has 0 radical (unpaired) electrons. The molecule has 6 nitrogen and oxygen atoms in total. The lowest BCUT2D eigenvalue weighted by Gasteiger charge is -2.30. The summed E-state index contributed by atoms with van der Waals surface area (Å²) >= 11 is 5.37. The Kier molecular flexibility index (Phi) is 8.03. The van der Waals surface area contributed by atoms with Crippen LogP contribution in [0.4, 0.5) is 0 Å². The highest BCUT2D eigenvalue weighted by Gasteiger charge is 2.21. The topological polar surface area (TPSA) is 66.0 Å². The molecule has 0 aliphatic heterocycles. The lowest BCUT2D eigenvalue weighted by molar-refractivity contribution is -0.130. The number of hydrogen-bond acceptors (Lipinski definition) is 4. The van der Waals surface area contributed by atoms with Crippen LogP contribution < -0.4 is 15.5 Å². The van der Waals surface area contributed by atoms with Crippen molar-refractivity contribution in [1.29, 1.82) is 0 Å². The number of nitrogens with one attached hydrogen (secondary N) is 2. The first kappa shape index (κ1) is 21.2. The molecule has 148 valence electrons. The molecular weight excluding hydrogens is 360 g/mol. The molecular formula is C20H30N4O2S. The summed E-state index contributed by atoms with van der Waals surface area (Å²) in [6.45, 7) is 4.22. The van der Waals surface area contributed by atoms with Gasteiger partial charge in [0.05, 0.1) is 5.71 Å². The molecule has 0 aromatic heterocycles. The molecule has 1 aromatic carbocycles. The maximum atomic E-state index is 11.6. The Morgan fingerprint density at radius 3 is 2.56 bits per heavy atom. The molecule has 1 amide bonds. The van der Waals surface area contributed by atoms with Crippen LogP contribution in [0.3, 0.4) is 0 Å². The summed E-state index contributed by atoms with van der Waals surface area (Å²) in [5.41, 5.74) is 4.73. The minimum atomic E-state index is -0.0747. The van der Waals surface area contributed by atoms with E-state index >= 15 is 0 Å². The van der Waals surface area contributed by atoms with Crippen LogP contribution in [0.25, 0.3) is 0 Å². The summed E-state index contributed by atoms with van der Waals surface area (Å²) in [5, 5.41) is 8.32. The van der Waals surface area contributed by atoms with Gasteiger partial charge < -0.3 is 15.0 Å². The van der Waals surface area contributed by atoms with Crippen LogP contribution >= 0.6 is 12.2 Å². The number of likely N-dealkylation sites (N-methyl/N-ethyl adjacent to an activating group) is 1. The number of hydrazone groups is 1. The number of nitrogens with zero attached hydrogens (tertiary/aromatic N) is 2. The Morgan fingerprint density at radius 1 is 1.26 bits per heavy atom. The molecule has 0 bridgehead atoms. The van der Waals surface area contributed by atoms with E-state index in [1.807, 2.05) is 31.2 Å². The standard InChI is InChI=1S/C20H30N4O2S/c1-14-7-5-6-8-18(14)21-20(27)23-22-15(2)16-9-11-17(12-10-16)26-13-19(25)24(3)4/h9-12,14,18H,5-8,13H2,1-4H3,(H2,21,23,27)/b22-15-/t14-,18-/m0/s1. The molecule has 0 saturated heterocycles. The van der Waals surface area contributed by atoms with Gasteiger partial charge in [0.2, 0.25) is 0 Å². The summed E-state index contributed by atoms with van der Waals surface area (Å²) < 4.78 is 5.48. The van der Waals surface area contributed by atoms with Gasteiger partial charge in [0.1, 0.15) is 5.75 Å². The summed E-state index contributed by atoms with van der Waals surface area (Å²) in [5.74, 6) is 1.21. The van der Waals surface area contributed by atoms with E-state index in [9.17, 15) is 4.79 Å². The van der Waals surface area contributed by atoms with E-state index in [1.165, 1.54) is 24.2 Å². The first-order valence-electron chi connectivity index (χ1n) is 9.41. The average molecular weight is 391 g/mol. The molecule has 1 saturated carbocycles. The van der Waals surface area contributed by atoms with E-state index in [-0.39, 0.29) is 12.5 Å². The van der Waals surface area contributed by atoms with Gasteiger partial charge in [-0.15, -0.1) is 0 Å². The Hall–Kier alpha value is -2.15. The van der Waals surface area contributed by atoms with Crippen molar-refractivity contribution in [2.75, 3.05) is 20.7 Å². The lowest BCUT2D eigenvalue weighted by Crippen LogP contribution is -2.44. The SMILES string of the molecule is C/C(=N/NC(=S)N[C@H]1CCCC[C@@H]1C)c1ccc(OCC(=O)N(C)C)cc1. The molecule has 1 aliphatic carbocycles. The van der Waals surface area contributed by atoms with E-state index in [0.717, 1.165) is 17.7 Å². The average Bonchev–Trinajstić information content (AvgIpc) is 2.66. The highest BCUT2D eigenvalue weighted by Crippen LogP contribution is 2.23. The number of benzene rings is 1. The van der Waals surface area contributed by atoms with E-state index < -0.39 is 0 Å². The third-order valence-electron chi connectivity index (χ3n) is 4.89. The van der Waals surface area contributed by atoms with Crippen molar-refractivity contribution in [3.05, 3.63) is 29.8 Å². The number of carbonyl (C=O) groups is 1. The third kappa shape index (κ3) is 6.82. The predicted molar refractivity (Wildman–Crippen MR) is 113 cm³/mol. The number of hydrogen-bond donors (Lipinski definition) is 2. The van der Waals surface area contributed by atoms with E-state index in [4.69, 9.17) is 17.0 Å². The fourth-order valence-electron chi connectivity index (χ4n) is 3.00. The molecule has 1 aromatic rings. The second-order valence-corrected chi connectivity index (χ2v) is 7.66. The number of carbonyl (C=O) groups excluding carboxylic acids is 1. The van der Waals surface area contributed by atoms with Crippen LogP contribution in [0, 0.1) is 5.92 Å². The zero-order chi connectivity index (χ0) is 19.8. The highest BCUT2D eigenvalue weighted by molar-refractivity contribution is 7.80. The minimum Gasteiger partial charge on any atom is -0.484 e. The van der Waals surface area contributed by atoms with Gasteiger partial charge in [0, 0.05) is 20.1 Å². The zero-order valence-corrected chi connectivity index (χ0v) is 17.4. The molecule has 2 N–H and O–H groups in total. The Labute approximate surface area is 167 Å². The molecule has 2 rings (SSSR count). The quantitative estimate of drug-likeness (QED) is 0.444. The maximum absolute atomic E-state index is 11.6. The predicted octanol–water partition coefficient (Wildman–Crippen LogP) is 2.92. The van der Waals surface area contributed by atoms with Crippen molar-refractivity contribution in [2.24, 2.45) is 11.0 Å². The first-order valence-corrected chi connectivity index (χ1v) is 9.82. The Bertz CT molecular complexity index is 673. The first-order chi connectivity index (χ1) is 12.9. The molecule has 0 unspecified atom stereocenters. The molecule has 1 fully saturated rings. The number of thiocarbonyl (C=S) groups is 1. The van der Waals surface area contributed by atoms with Crippen molar-refractivity contribution in [2.45, 2.75) is 45.6 Å². The summed E-state index contributed by atoms with van der Waals surface area (Å²) in [7, 11) is 3.41. The van der Waals surface area contributed by atoms with Gasteiger partial charge in [0.15, 0.2) is 11.7 Å². The maximum Gasteiger partial charge on any atom is 0.259 e. The van der Waals surface area contributed by atoms with Crippen LogP contribution in [0.5, 0.6) is 5.75 Å². The number of rotatable bonds is 6. The van der Waals surface area contributed by atoms with Crippen LogP contribution in [-0.4, -0.2) is 48.4 Å². The fraction of sp³-hybridized carbons (Fsp3) is 0.550. The van der Waals surface area contributed by atoms with Gasteiger partial charge in [-0.1, -0.05) is 19.8 Å². The van der Waals surface area contributed by atoms with Crippen molar-refractivity contribution in [3.8, 4) is 5.75 Å². The normalized spacial score (nSPS) is 19.9. The van der Waals surface area contributed by atoms with Gasteiger partial charge in [-0.05, 0) is 67.7 Å². The largest absolute Gasteiger partial charge is 0.484 e. The van der Waals surface area contributed by atoms with E-state index in [1.54, 1.807) is 14.1 Å². The number of ether oxygens (including phenoxy) is 1. The summed E-state index contributed by atoms with van der Waals surface area (Å²) in [6, 6.07) is 7.91. The van der Waals surface area contributed by atoms with Gasteiger partial charge in [-0.3, -0.25) is 10.2 Å². The van der Waals surface area contributed by atoms with E-state index in [0.29, 0.717) is 22.8 Å². The van der Waals surface area contributed by atoms with Gasteiger partial charge >= 0.3 is 0 Å². The van der Waals surface area contributed by atoms with Crippen molar-refractivity contribution >= 4 is 28.9 Å². The van der Waals surface area contributed by atoms with Crippen molar-refractivity contribution in [3.63, 3.8) is 0 Å². The summed E-state index contributed by atoms with van der Waals surface area (Å²) in [4.78, 5) is 13.1. The summed E-state index contributed by atoms with van der Waals surface area (Å²) in [6.07, 6.45) is 4.96. The Balaban J connectivity index is 1.84. The second-order valence-electron chi connectivity index (χ2n) is 7.25. The Morgan fingerprint density at radius 2 is 1.93 bits per heavy atom. The molecule has 0 heterocycles. The zero-order valence-electron chi connectivity index (χ0n) is 16.6. The molecule has 2 atom stereocenters. The van der Waals surface area contributed by atoms with E-state index in [2.05, 4.69) is 22.8 Å². The second kappa shape index (κ2) is 10.3. The van der Waals surface area contributed by atoms with Crippen LogP contribution in [0.15, 0.2) is 29.4 Å². The fourth-order valence-corrected chi connectivity index (χ4v) is 3.19. The molecule has 1 aliphatic rings. The van der Waals surface area contributed by atoms with Gasteiger partial charge in [0.25, 0.3) is 5.91 Å². The van der Waals surface area contributed by atoms with Crippen LogP contribution in [0.1, 0.15) is 45.1 Å². The monoisotopic (exact) mass is 390 g/mol. The molecule has 7 heteroatoms. The van der Waals surface area contributed by atoms with Crippen LogP contribution in [-0.2, 0) is 4.79 Å². The van der Waals surface area contributed by atoms with Gasteiger partial charge in [-0.25, -0.2) is 0 Å². The van der Waals surface area contributed by atoms with Crippen molar-refractivity contribution < 1.29 is 9.53 Å². The smallest absolute Gasteiger partial charge is 0.259 e. The van der Waals surface area contributed by atoms with Gasteiger partial charge in [-0.2, -0.15) is 5.10 Å². The lowest BCUT2D eigenvalue weighted by atomic mass is 9.86. The molecule has 27 heavy (non-hydrogen) atoms. The van der Waals surface area contributed by atoms with Crippen LogP contribution in [0.2, 0.25) is 0 Å². The minimum absolute atomic E-state index is 0.0283. The third-order valence-corrected chi connectivity index (χ3v) is 5.10. The van der Waals surface area contributed by atoms with Crippen molar-refractivity contribution in [1.82, 2.24) is 15.6 Å². The molecule has 0 spiro atoms.